The van der Waals surface area contributed by atoms with Crippen molar-refractivity contribution < 1.29 is 17.7 Å². The van der Waals surface area contributed by atoms with Crippen molar-refractivity contribution in [1.29, 1.82) is 10.5 Å². The molecular weight excluding hydrogens is 332 g/mol. The smallest absolute Gasteiger partial charge is 0.193 e. The van der Waals surface area contributed by atoms with E-state index in [-0.39, 0.29) is 33.5 Å². The molecule has 3 aromatic carbocycles. The molecule has 0 aliphatic heterocycles. The Morgan fingerprint density at radius 2 is 0.769 bits per heavy atom. The van der Waals surface area contributed by atoms with E-state index in [1.807, 2.05) is 0 Å². The molecule has 0 fully saturated rings. The van der Waals surface area contributed by atoms with Crippen molar-refractivity contribution in [3.8, 4) is 12.1 Å². The van der Waals surface area contributed by atoms with E-state index in [0.717, 1.165) is 0 Å². The first-order chi connectivity index (χ1) is 12.8. The Kier molecular flexibility index (Phi) is 2.82. The maximum absolute atomic E-state index is 9.71. The van der Waals surface area contributed by atoms with Crippen molar-refractivity contribution in [2.45, 2.75) is 0 Å². The molecule has 2 heterocycles. The highest BCUT2D eigenvalue weighted by Gasteiger charge is 2.23. The molecule has 0 radical (unpaired) electrons. The molecule has 26 heavy (non-hydrogen) atoms. The van der Waals surface area contributed by atoms with E-state index in [0.29, 0.717) is 22.3 Å². The molecule has 2 aromatic heterocycles. The molecule has 122 valence electrons. The summed E-state index contributed by atoms with van der Waals surface area (Å²) < 4.78 is 23.4. The molecule has 0 N–H and O–H groups in total. The molecule has 0 spiro atoms. The first kappa shape index (κ1) is 14.2. The summed E-state index contributed by atoms with van der Waals surface area (Å²) >= 11 is 0. The molecule has 0 aliphatic carbocycles. The van der Waals surface area contributed by atoms with Crippen molar-refractivity contribution >= 4 is 44.7 Å². The largest absolute Gasteiger partial charge is 0.448 e. The molecule has 0 aliphatic rings. The van der Waals surface area contributed by atoms with E-state index in [1.54, 1.807) is 48.5 Å². The zero-order chi connectivity index (χ0) is 17.7. The number of rotatable bonds is 0. The monoisotopic (exact) mass is 340 g/mol. The molecule has 0 saturated heterocycles. The highest BCUT2D eigenvalue weighted by molar-refractivity contribution is 6.02. The number of benzene rings is 3. The van der Waals surface area contributed by atoms with Crippen LogP contribution in [0.4, 0.5) is 0 Å². The van der Waals surface area contributed by atoms with Gasteiger partial charge in [-0.25, -0.2) is 0 Å². The quantitative estimate of drug-likeness (QED) is 0.343. The van der Waals surface area contributed by atoms with E-state index >= 15 is 0 Å². The van der Waals surface area contributed by atoms with Gasteiger partial charge in [0.2, 0.25) is 0 Å². The van der Waals surface area contributed by atoms with Crippen molar-refractivity contribution in [3.63, 3.8) is 0 Å². The van der Waals surface area contributed by atoms with Crippen LogP contribution >= 0.6 is 0 Å². The molecule has 6 nitrogen and oxygen atoms in total. The summed E-state index contributed by atoms with van der Waals surface area (Å²) in [5.41, 5.74) is 2.61. The van der Waals surface area contributed by atoms with Crippen molar-refractivity contribution in [2.75, 3.05) is 0 Å². The summed E-state index contributed by atoms with van der Waals surface area (Å²) in [6, 6.07) is 18.2. The first-order valence-electron chi connectivity index (χ1n) is 7.73. The van der Waals surface area contributed by atoms with Crippen LogP contribution in [0.2, 0.25) is 0 Å². The summed E-state index contributed by atoms with van der Waals surface area (Å²) in [5.74, 6) is 0. The van der Waals surface area contributed by atoms with Gasteiger partial charge in [0.15, 0.2) is 44.7 Å². The Hall–Kier alpha value is -4.16. The minimum atomic E-state index is 0.109. The second kappa shape index (κ2) is 5.17. The highest BCUT2D eigenvalue weighted by atomic mass is 16.4. The summed E-state index contributed by atoms with van der Waals surface area (Å²) in [6.07, 6.45) is 0. The average molecular weight is 340 g/mol. The van der Waals surface area contributed by atoms with Crippen LogP contribution in [0.1, 0.15) is 11.1 Å². The number of hydrogen-bond donors (Lipinski definition) is 0. The van der Waals surface area contributed by atoms with Gasteiger partial charge in [0.25, 0.3) is 0 Å². The van der Waals surface area contributed by atoms with Gasteiger partial charge in [0, 0.05) is 0 Å². The molecule has 5 aromatic rings. The molecule has 0 atom stereocenters. The Labute approximate surface area is 145 Å². The van der Waals surface area contributed by atoms with Crippen LogP contribution in [0.3, 0.4) is 0 Å². The van der Waals surface area contributed by atoms with Crippen LogP contribution in [0.25, 0.3) is 44.7 Å². The lowest BCUT2D eigenvalue weighted by Gasteiger charge is -2.08. The van der Waals surface area contributed by atoms with E-state index in [9.17, 15) is 10.5 Å². The lowest BCUT2D eigenvalue weighted by atomic mass is 10.1. The van der Waals surface area contributed by atoms with Gasteiger partial charge < -0.3 is 17.7 Å². The number of hydrogen-bond acceptors (Lipinski definition) is 6. The van der Waals surface area contributed by atoms with Crippen LogP contribution in [-0.4, -0.2) is 0 Å². The summed E-state index contributed by atoms with van der Waals surface area (Å²) in [5, 5.41) is 19.4. The molecule has 0 bridgehead atoms. The van der Waals surface area contributed by atoms with Gasteiger partial charge >= 0.3 is 0 Å². The maximum atomic E-state index is 9.71. The summed E-state index contributed by atoms with van der Waals surface area (Å²) in [4.78, 5) is 0. The normalized spacial score (nSPS) is 11.0. The molecule has 0 saturated carbocycles. The van der Waals surface area contributed by atoms with E-state index < -0.39 is 0 Å². The van der Waals surface area contributed by atoms with E-state index in [4.69, 9.17) is 17.7 Å². The van der Waals surface area contributed by atoms with E-state index in [2.05, 4.69) is 12.1 Å². The van der Waals surface area contributed by atoms with Crippen LogP contribution in [0, 0.1) is 22.7 Å². The van der Waals surface area contributed by atoms with Gasteiger partial charge in [-0.3, -0.25) is 0 Å². The van der Waals surface area contributed by atoms with E-state index in [1.165, 1.54) is 0 Å². The van der Waals surface area contributed by atoms with Crippen molar-refractivity contribution in [2.24, 2.45) is 0 Å². The van der Waals surface area contributed by atoms with Crippen LogP contribution in [-0.2, 0) is 0 Å². The molecular formula is C20H8N2O4. The molecule has 0 unspecified atom stereocenters. The predicted octanol–water partition coefficient (Wildman–Crippen LogP) is 5.54. The summed E-state index contributed by atoms with van der Waals surface area (Å²) in [6.45, 7) is 0. The zero-order valence-corrected chi connectivity index (χ0v) is 13.1. The Morgan fingerprint density at radius 1 is 0.500 bits per heavy atom. The predicted molar refractivity (Wildman–Crippen MR) is 92.6 cm³/mol. The topological polar surface area (TPSA) is 100 Å². The van der Waals surface area contributed by atoms with Gasteiger partial charge in [-0.2, -0.15) is 10.5 Å². The SMILES string of the molecule is N#Cc1c2oc3ccccc3oc2c(C#N)c2oc3ccccc3oc12. The second-order valence-corrected chi connectivity index (χ2v) is 5.59. The Bertz CT molecular complexity index is 1250. The minimum absolute atomic E-state index is 0.109. The Balaban J connectivity index is 2.11. The van der Waals surface area contributed by atoms with Crippen LogP contribution < -0.4 is 0 Å². The lowest BCUT2D eigenvalue weighted by molar-refractivity contribution is 0.562. The van der Waals surface area contributed by atoms with Gasteiger partial charge in [-0.15, -0.1) is 0 Å². The highest BCUT2D eigenvalue weighted by Crippen LogP contribution is 2.36. The van der Waals surface area contributed by atoms with Crippen molar-refractivity contribution in [3.05, 3.63) is 59.7 Å². The van der Waals surface area contributed by atoms with Gasteiger partial charge in [0.05, 0.1) is 0 Å². The number of nitrogens with zero attached hydrogens (tertiary/aromatic N) is 2. The maximum Gasteiger partial charge on any atom is 0.193 e. The fourth-order valence-electron chi connectivity index (χ4n) is 2.93. The Morgan fingerprint density at radius 3 is 1.00 bits per heavy atom. The first-order valence-corrected chi connectivity index (χ1v) is 7.73. The lowest BCUT2D eigenvalue weighted by Crippen LogP contribution is -1.91. The minimum Gasteiger partial charge on any atom is -0.448 e. The van der Waals surface area contributed by atoms with Gasteiger partial charge in [-0.05, 0) is 24.3 Å². The third-order valence-corrected chi connectivity index (χ3v) is 4.09. The molecule has 0 amide bonds. The van der Waals surface area contributed by atoms with Crippen LogP contribution in [0.5, 0.6) is 0 Å². The van der Waals surface area contributed by atoms with Gasteiger partial charge in [-0.1, -0.05) is 24.3 Å². The third-order valence-electron chi connectivity index (χ3n) is 4.09. The second-order valence-electron chi connectivity index (χ2n) is 5.59. The third kappa shape index (κ3) is 1.84. The number of nitriles is 2. The molecule has 6 heteroatoms. The number of fused-ring (bicyclic) bond motifs is 4. The fourth-order valence-corrected chi connectivity index (χ4v) is 2.93. The summed E-state index contributed by atoms with van der Waals surface area (Å²) in [7, 11) is 0. The molecule has 5 rings (SSSR count). The fraction of sp³-hybridized carbons (Fsp3) is 0. The van der Waals surface area contributed by atoms with Crippen LogP contribution in [0.15, 0.2) is 66.2 Å². The van der Waals surface area contributed by atoms with Crippen molar-refractivity contribution in [1.82, 2.24) is 0 Å². The standard InChI is InChI=1S/C20H8N2O4/c21-9-11-17-18(24-14-6-2-1-5-13(14)23-17)12(10-22)20-19(11)25-15-7-3-4-8-16(15)26-20/h1-8H. The van der Waals surface area contributed by atoms with Gasteiger partial charge in [0.1, 0.15) is 23.3 Å². The number of para-hydroxylation sites is 4. The zero-order valence-electron chi connectivity index (χ0n) is 13.1. The average Bonchev–Trinajstić information content (AvgIpc) is 2.69.